The third-order valence-corrected chi connectivity index (χ3v) is 3.12. The highest BCUT2D eigenvalue weighted by atomic mass is 16.5. The molecule has 0 bridgehead atoms. The third kappa shape index (κ3) is 2.40. The summed E-state index contributed by atoms with van der Waals surface area (Å²) in [4.78, 5) is 14.1. The first-order valence-corrected chi connectivity index (χ1v) is 5.65. The van der Waals surface area contributed by atoms with E-state index in [1.165, 1.54) is 0 Å². The first-order chi connectivity index (χ1) is 7.08. The topological polar surface area (TPSA) is 29.5 Å². The fraction of sp³-hybridized carbons (Fsp3) is 0.750. The number of carbonyl (C=O) groups excluding carboxylic acids is 1. The monoisotopic (exact) mass is 209 g/mol. The van der Waals surface area contributed by atoms with Gasteiger partial charge in [-0.15, -0.1) is 0 Å². The number of hydrogen-bond donors (Lipinski definition) is 0. The van der Waals surface area contributed by atoms with Crippen LogP contribution in [0.4, 0.5) is 0 Å². The predicted octanol–water partition coefficient (Wildman–Crippen LogP) is 1.59. The van der Waals surface area contributed by atoms with Gasteiger partial charge in [-0.3, -0.25) is 4.79 Å². The van der Waals surface area contributed by atoms with E-state index in [1.54, 1.807) is 0 Å². The summed E-state index contributed by atoms with van der Waals surface area (Å²) in [6, 6.07) is 0. The van der Waals surface area contributed by atoms with E-state index in [0.29, 0.717) is 12.2 Å². The summed E-state index contributed by atoms with van der Waals surface area (Å²) >= 11 is 0. The van der Waals surface area contributed by atoms with Gasteiger partial charge in [0, 0.05) is 19.5 Å². The van der Waals surface area contributed by atoms with Crippen molar-refractivity contribution in [3.8, 4) is 0 Å². The van der Waals surface area contributed by atoms with Crippen molar-refractivity contribution < 1.29 is 9.53 Å². The van der Waals surface area contributed by atoms with Crippen LogP contribution in [-0.4, -0.2) is 37.0 Å². The summed E-state index contributed by atoms with van der Waals surface area (Å²) in [5.74, 6) is 0.299. The van der Waals surface area contributed by atoms with E-state index in [-0.39, 0.29) is 5.41 Å². The zero-order valence-corrected chi connectivity index (χ0v) is 9.58. The molecule has 1 aliphatic carbocycles. The van der Waals surface area contributed by atoms with Crippen molar-refractivity contribution >= 4 is 5.78 Å². The number of hydrogen-bond acceptors (Lipinski definition) is 3. The van der Waals surface area contributed by atoms with Crippen molar-refractivity contribution in [2.75, 3.05) is 26.3 Å². The lowest BCUT2D eigenvalue weighted by Crippen LogP contribution is -2.40. The van der Waals surface area contributed by atoms with E-state index in [4.69, 9.17) is 4.74 Å². The van der Waals surface area contributed by atoms with Crippen LogP contribution in [0.5, 0.6) is 0 Å². The van der Waals surface area contributed by atoms with E-state index in [2.05, 4.69) is 24.8 Å². The second-order valence-electron chi connectivity index (χ2n) is 5.16. The quantitative estimate of drug-likeness (QED) is 0.657. The Morgan fingerprint density at radius 3 is 2.60 bits per heavy atom. The molecule has 2 rings (SSSR count). The first-order valence-electron chi connectivity index (χ1n) is 5.65. The van der Waals surface area contributed by atoms with Crippen molar-refractivity contribution in [1.82, 2.24) is 4.90 Å². The minimum Gasteiger partial charge on any atom is -0.378 e. The number of ketones is 1. The zero-order chi connectivity index (χ0) is 10.9. The molecule has 0 atom stereocenters. The molecule has 0 spiro atoms. The summed E-state index contributed by atoms with van der Waals surface area (Å²) in [7, 11) is 0. The predicted molar refractivity (Wildman–Crippen MR) is 58.5 cm³/mol. The SMILES string of the molecule is CC1(C)CC=C(N2CCOCC2)C(=O)C1. The van der Waals surface area contributed by atoms with Gasteiger partial charge in [0.2, 0.25) is 0 Å². The molecule has 2 aliphatic rings. The largest absolute Gasteiger partial charge is 0.378 e. The molecular formula is C12H19NO2. The normalized spacial score (nSPS) is 26.4. The highest BCUT2D eigenvalue weighted by molar-refractivity contribution is 5.96. The molecule has 3 nitrogen and oxygen atoms in total. The number of allylic oxidation sites excluding steroid dienone is 2. The number of rotatable bonds is 1. The molecule has 0 N–H and O–H groups in total. The van der Waals surface area contributed by atoms with Gasteiger partial charge in [-0.2, -0.15) is 0 Å². The van der Waals surface area contributed by atoms with Crippen molar-refractivity contribution in [2.24, 2.45) is 5.41 Å². The molecule has 0 aromatic heterocycles. The standard InChI is InChI=1S/C12H19NO2/c1-12(2)4-3-10(11(14)9-12)13-5-7-15-8-6-13/h3H,4-9H2,1-2H3. The molecule has 1 aliphatic heterocycles. The Balaban J connectivity index is 2.08. The highest BCUT2D eigenvalue weighted by Gasteiger charge is 2.30. The molecule has 0 aromatic carbocycles. The summed E-state index contributed by atoms with van der Waals surface area (Å²) < 4.78 is 5.29. The number of morpholine rings is 1. The Kier molecular flexibility index (Phi) is 2.83. The van der Waals surface area contributed by atoms with E-state index in [1.807, 2.05) is 0 Å². The maximum Gasteiger partial charge on any atom is 0.179 e. The average molecular weight is 209 g/mol. The molecule has 0 amide bonds. The maximum atomic E-state index is 12.0. The molecule has 84 valence electrons. The number of nitrogens with zero attached hydrogens (tertiary/aromatic N) is 1. The van der Waals surface area contributed by atoms with E-state index < -0.39 is 0 Å². The van der Waals surface area contributed by atoms with Crippen molar-refractivity contribution in [1.29, 1.82) is 0 Å². The van der Waals surface area contributed by atoms with Gasteiger partial charge in [0.25, 0.3) is 0 Å². The summed E-state index contributed by atoms with van der Waals surface area (Å²) in [5, 5.41) is 0. The molecule has 1 saturated heterocycles. The Morgan fingerprint density at radius 1 is 1.33 bits per heavy atom. The Hall–Kier alpha value is -0.830. The van der Waals surface area contributed by atoms with Crippen LogP contribution in [0.1, 0.15) is 26.7 Å². The van der Waals surface area contributed by atoms with Gasteiger partial charge < -0.3 is 9.64 Å². The van der Waals surface area contributed by atoms with Gasteiger partial charge in [-0.25, -0.2) is 0 Å². The third-order valence-electron chi connectivity index (χ3n) is 3.12. The molecular weight excluding hydrogens is 190 g/mol. The average Bonchev–Trinajstić information content (AvgIpc) is 2.17. The van der Waals surface area contributed by atoms with Gasteiger partial charge >= 0.3 is 0 Å². The van der Waals surface area contributed by atoms with Crippen LogP contribution in [0.25, 0.3) is 0 Å². The molecule has 1 heterocycles. The van der Waals surface area contributed by atoms with Crippen molar-refractivity contribution in [2.45, 2.75) is 26.7 Å². The highest BCUT2D eigenvalue weighted by Crippen LogP contribution is 2.33. The summed E-state index contributed by atoms with van der Waals surface area (Å²) in [5.41, 5.74) is 1.07. The minimum absolute atomic E-state index is 0.146. The number of carbonyl (C=O) groups is 1. The van der Waals surface area contributed by atoms with Crippen LogP contribution in [0.2, 0.25) is 0 Å². The van der Waals surface area contributed by atoms with Crippen LogP contribution in [0.15, 0.2) is 11.8 Å². The van der Waals surface area contributed by atoms with E-state index in [0.717, 1.165) is 38.4 Å². The lowest BCUT2D eigenvalue weighted by atomic mass is 9.79. The van der Waals surface area contributed by atoms with Gasteiger partial charge in [0.1, 0.15) is 0 Å². The second-order valence-corrected chi connectivity index (χ2v) is 5.16. The van der Waals surface area contributed by atoms with Crippen LogP contribution < -0.4 is 0 Å². The minimum atomic E-state index is 0.146. The van der Waals surface area contributed by atoms with Gasteiger partial charge in [0.15, 0.2) is 5.78 Å². The Labute approximate surface area is 91.1 Å². The number of ether oxygens (including phenoxy) is 1. The van der Waals surface area contributed by atoms with Crippen molar-refractivity contribution in [3.05, 3.63) is 11.8 Å². The maximum absolute atomic E-state index is 12.0. The fourth-order valence-electron chi connectivity index (χ4n) is 2.19. The molecule has 3 heteroatoms. The molecule has 0 unspecified atom stereocenters. The van der Waals surface area contributed by atoms with Crippen molar-refractivity contribution in [3.63, 3.8) is 0 Å². The Bertz CT molecular complexity index is 288. The Morgan fingerprint density at radius 2 is 2.00 bits per heavy atom. The number of Topliss-reactive ketones (excluding diaryl/α,β-unsaturated/α-hetero) is 1. The second kappa shape index (κ2) is 3.97. The lowest BCUT2D eigenvalue weighted by molar-refractivity contribution is -0.120. The van der Waals surface area contributed by atoms with Crippen LogP contribution in [-0.2, 0) is 9.53 Å². The first kappa shape index (κ1) is 10.7. The smallest absolute Gasteiger partial charge is 0.179 e. The van der Waals surface area contributed by atoms with Crippen LogP contribution in [0.3, 0.4) is 0 Å². The summed E-state index contributed by atoms with van der Waals surface area (Å²) in [6.07, 6.45) is 3.79. The molecule has 15 heavy (non-hydrogen) atoms. The fourth-order valence-corrected chi connectivity index (χ4v) is 2.19. The van der Waals surface area contributed by atoms with Crippen LogP contribution >= 0.6 is 0 Å². The van der Waals surface area contributed by atoms with E-state index >= 15 is 0 Å². The molecule has 0 aromatic rings. The molecule has 0 radical (unpaired) electrons. The molecule has 1 fully saturated rings. The van der Waals surface area contributed by atoms with E-state index in [9.17, 15) is 4.79 Å². The summed E-state index contributed by atoms with van der Waals surface area (Å²) in [6.45, 7) is 7.51. The van der Waals surface area contributed by atoms with Gasteiger partial charge in [0.05, 0.1) is 18.9 Å². The molecule has 0 saturated carbocycles. The van der Waals surface area contributed by atoms with Gasteiger partial charge in [-0.05, 0) is 11.8 Å². The van der Waals surface area contributed by atoms with Crippen LogP contribution in [0, 0.1) is 5.41 Å². The zero-order valence-electron chi connectivity index (χ0n) is 9.58. The lowest BCUT2D eigenvalue weighted by Gasteiger charge is -2.35. The van der Waals surface area contributed by atoms with Gasteiger partial charge in [-0.1, -0.05) is 19.9 Å².